The topological polar surface area (TPSA) is 58.6 Å². The highest BCUT2D eigenvalue weighted by Crippen LogP contribution is 2.40. The first-order valence-corrected chi connectivity index (χ1v) is 12.1. The van der Waals surface area contributed by atoms with Gasteiger partial charge >= 0.3 is 5.97 Å². The number of nitrogens with zero attached hydrogens (tertiary/aromatic N) is 1. The van der Waals surface area contributed by atoms with Crippen LogP contribution in [0.25, 0.3) is 0 Å². The van der Waals surface area contributed by atoms with Crippen molar-refractivity contribution in [2.45, 2.75) is 45.4 Å². The summed E-state index contributed by atoms with van der Waals surface area (Å²) in [6.07, 6.45) is 6.25. The summed E-state index contributed by atoms with van der Waals surface area (Å²) >= 11 is 1.55. The number of benzene rings is 1. The van der Waals surface area contributed by atoms with Gasteiger partial charge < -0.3 is 10.1 Å². The lowest BCUT2D eigenvalue weighted by atomic mass is 9.88. The highest BCUT2D eigenvalue weighted by Gasteiger charge is 2.29. The summed E-state index contributed by atoms with van der Waals surface area (Å²) in [7, 11) is 1.41. The second kappa shape index (κ2) is 9.96. The monoisotopic (exact) mass is 440 g/mol. The fourth-order valence-electron chi connectivity index (χ4n) is 4.82. The average molecular weight is 441 g/mol. The standard InChI is InChI=1S/C25H32N2O3S/c1-17-8-9-20-21(14-17)31-24(23(20)25(29)30-2)26-22(28)16-27-12-10-19(11-13-27)15-18-6-4-3-5-7-18/h3-7,17,19H,8-16H2,1-2H3,(H,26,28). The number of ether oxygens (including phenoxy) is 1. The summed E-state index contributed by atoms with van der Waals surface area (Å²) in [5.41, 5.74) is 3.04. The highest BCUT2D eigenvalue weighted by atomic mass is 32.1. The van der Waals surface area contributed by atoms with Crippen molar-refractivity contribution in [3.8, 4) is 0 Å². The summed E-state index contributed by atoms with van der Waals surface area (Å²) in [6.45, 7) is 4.48. The quantitative estimate of drug-likeness (QED) is 0.670. The maximum atomic E-state index is 12.8. The smallest absolute Gasteiger partial charge is 0.341 e. The van der Waals surface area contributed by atoms with E-state index < -0.39 is 0 Å². The number of carbonyl (C=O) groups is 2. The minimum Gasteiger partial charge on any atom is -0.465 e. The molecule has 1 unspecified atom stereocenters. The van der Waals surface area contributed by atoms with Crippen molar-refractivity contribution in [3.63, 3.8) is 0 Å². The van der Waals surface area contributed by atoms with Crippen molar-refractivity contribution in [1.29, 1.82) is 0 Å². The number of methoxy groups -OCH3 is 1. The molecular weight excluding hydrogens is 408 g/mol. The zero-order chi connectivity index (χ0) is 21.8. The van der Waals surface area contributed by atoms with Crippen molar-refractivity contribution in [2.75, 3.05) is 32.1 Å². The summed E-state index contributed by atoms with van der Waals surface area (Å²) in [4.78, 5) is 28.7. The van der Waals surface area contributed by atoms with Crippen molar-refractivity contribution < 1.29 is 14.3 Å². The first-order chi connectivity index (χ1) is 15.0. The SMILES string of the molecule is COC(=O)c1c(NC(=O)CN2CCC(Cc3ccccc3)CC2)sc2c1CCC(C)C2. The van der Waals surface area contributed by atoms with Crippen LogP contribution in [0.15, 0.2) is 30.3 Å². The number of rotatable bonds is 6. The Kier molecular flexibility index (Phi) is 7.08. The lowest BCUT2D eigenvalue weighted by Gasteiger charge is -2.31. The van der Waals surface area contributed by atoms with E-state index in [9.17, 15) is 9.59 Å². The largest absolute Gasteiger partial charge is 0.465 e. The number of esters is 1. The Balaban J connectivity index is 1.34. The van der Waals surface area contributed by atoms with Crippen LogP contribution in [0.1, 0.15) is 52.5 Å². The number of fused-ring (bicyclic) bond motifs is 1. The molecule has 1 aromatic heterocycles. The Morgan fingerprint density at radius 1 is 1.16 bits per heavy atom. The van der Waals surface area contributed by atoms with E-state index in [0.29, 0.717) is 28.9 Å². The molecule has 0 saturated carbocycles. The van der Waals surface area contributed by atoms with Gasteiger partial charge in [0.05, 0.1) is 19.2 Å². The molecule has 1 aromatic carbocycles. The van der Waals surface area contributed by atoms with E-state index in [0.717, 1.165) is 57.2 Å². The van der Waals surface area contributed by atoms with Crippen molar-refractivity contribution >= 4 is 28.2 Å². The first kappa shape index (κ1) is 22.0. The van der Waals surface area contributed by atoms with Gasteiger partial charge in [0, 0.05) is 4.88 Å². The van der Waals surface area contributed by atoms with Crippen molar-refractivity contribution in [2.24, 2.45) is 11.8 Å². The normalized spacial score (nSPS) is 19.6. The minimum absolute atomic E-state index is 0.0432. The van der Waals surface area contributed by atoms with E-state index in [-0.39, 0.29) is 11.9 Å². The van der Waals surface area contributed by atoms with Gasteiger partial charge in [-0.05, 0) is 74.6 Å². The maximum absolute atomic E-state index is 12.8. The van der Waals surface area contributed by atoms with E-state index in [1.54, 1.807) is 11.3 Å². The molecule has 4 rings (SSSR count). The zero-order valence-corrected chi connectivity index (χ0v) is 19.3. The molecule has 1 N–H and O–H groups in total. The van der Waals surface area contributed by atoms with Crippen LogP contribution in [-0.2, 0) is 28.8 Å². The molecule has 1 aliphatic heterocycles. The van der Waals surface area contributed by atoms with Gasteiger partial charge in [0.15, 0.2) is 0 Å². The third-order valence-electron chi connectivity index (χ3n) is 6.60. The van der Waals surface area contributed by atoms with E-state index in [2.05, 4.69) is 47.5 Å². The number of anilines is 1. The summed E-state index contributed by atoms with van der Waals surface area (Å²) in [6, 6.07) is 10.6. The Hall–Kier alpha value is -2.18. The Bertz CT molecular complexity index is 916. The Morgan fingerprint density at radius 3 is 2.61 bits per heavy atom. The van der Waals surface area contributed by atoms with Crippen LogP contribution in [0.3, 0.4) is 0 Å². The van der Waals surface area contributed by atoms with Crippen LogP contribution in [-0.4, -0.2) is 43.5 Å². The molecule has 0 spiro atoms. The van der Waals surface area contributed by atoms with E-state index in [1.165, 1.54) is 17.6 Å². The van der Waals surface area contributed by atoms with E-state index >= 15 is 0 Å². The molecule has 166 valence electrons. The maximum Gasteiger partial charge on any atom is 0.341 e. The van der Waals surface area contributed by atoms with Gasteiger partial charge in [0.25, 0.3) is 0 Å². The zero-order valence-electron chi connectivity index (χ0n) is 18.5. The van der Waals surface area contributed by atoms with Gasteiger partial charge in [-0.1, -0.05) is 37.3 Å². The third kappa shape index (κ3) is 5.36. The molecule has 1 aliphatic carbocycles. The molecule has 2 aromatic rings. The van der Waals surface area contributed by atoms with Gasteiger partial charge in [-0.3, -0.25) is 9.69 Å². The Morgan fingerprint density at radius 2 is 1.90 bits per heavy atom. The third-order valence-corrected chi connectivity index (χ3v) is 7.77. The molecule has 2 heterocycles. The predicted octanol–water partition coefficient (Wildman–Crippen LogP) is 4.55. The number of carbonyl (C=O) groups excluding carboxylic acids is 2. The minimum atomic E-state index is -0.343. The molecule has 5 nitrogen and oxygen atoms in total. The summed E-state index contributed by atoms with van der Waals surface area (Å²) in [5.74, 6) is 0.901. The van der Waals surface area contributed by atoms with Gasteiger partial charge in [-0.25, -0.2) is 4.79 Å². The molecule has 6 heteroatoms. The summed E-state index contributed by atoms with van der Waals surface area (Å²) in [5, 5.41) is 3.70. The van der Waals surface area contributed by atoms with E-state index in [4.69, 9.17) is 4.74 Å². The fraction of sp³-hybridized carbons (Fsp3) is 0.520. The molecule has 1 atom stereocenters. The molecule has 1 amide bonds. The van der Waals surface area contributed by atoms with Crippen LogP contribution in [0, 0.1) is 11.8 Å². The van der Waals surface area contributed by atoms with Crippen LogP contribution < -0.4 is 5.32 Å². The van der Waals surface area contributed by atoms with Crippen LogP contribution >= 0.6 is 11.3 Å². The van der Waals surface area contributed by atoms with Gasteiger partial charge in [-0.2, -0.15) is 0 Å². The number of likely N-dealkylation sites (tertiary alicyclic amines) is 1. The number of hydrogen-bond acceptors (Lipinski definition) is 5. The average Bonchev–Trinajstić information content (AvgIpc) is 3.11. The van der Waals surface area contributed by atoms with Crippen LogP contribution in [0.4, 0.5) is 5.00 Å². The first-order valence-electron chi connectivity index (χ1n) is 11.3. The molecule has 31 heavy (non-hydrogen) atoms. The molecule has 1 fully saturated rings. The predicted molar refractivity (Wildman–Crippen MR) is 125 cm³/mol. The number of piperidine rings is 1. The number of hydrogen-bond donors (Lipinski definition) is 1. The van der Waals surface area contributed by atoms with Crippen LogP contribution in [0.2, 0.25) is 0 Å². The van der Waals surface area contributed by atoms with Gasteiger partial charge in [0.2, 0.25) is 5.91 Å². The molecule has 0 radical (unpaired) electrons. The van der Waals surface area contributed by atoms with Crippen LogP contribution in [0.5, 0.6) is 0 Å². The molecular formula is C25H32N2O3S. The van der Waals surface area contributed by atoms with Crippen molar-refractivity contribution in [1.82, 2.24) is 4.90 Å². The second-order valence-corrected chi connectivity index (χ2v) is 10.1. The fourth-order valence-corrected chi connectivity index (χ4v) is 6.24. The number of amides is 1. The molecule has 1 saturated heterocycles. The second-order valence-electron chi connectivity index (χ2n) is 9.00. The molecule has 2 aliphatic rings. The molecule has 0 bridgehead atoms. The Labute approximate surface area is 188 Å². The van der Waals surface area contributed by atoms with Crippen molar-refractivity contribution in [3.05, 3.63) is 51.9 Å². The van der Waals surface area contributed by atoms with Gasteiger partial charge in [-0.15, -0.1) is 11.3 Å². The number of nitrogens with one attached hydrogen (secondary N) is 1. The summed E-state index contributed by atoms with van der Waals surface area (Å²) < 4.78 is 5.03. The lowest BCUT2D eigenvalue weighted by molar-refractivity contribution is -0.117. The van der Waals surface area contributed by atoms with E-state index in [1.807, 2.05) is 0 Å². The van der Waals surface area contributed by atoms with Gasteiger partial charge in [0.1, 0.15) is 5.00 Å². The highest BCUT2D eigenvalue weighted by molar-refractivity contribution is 7.17. The lowest BCUT2D eigenvalue weighted by Crippen LogP contribution is -2.39. The number of thiophene rings is 1.